The number of methoxy groups -OCH3 is 1. The number of nitrogens with one attached hydrogen (secondary N) is 1. The number of benzene rings is 3. The van der Waals surface area contributed by atoms with Crippen molar-refractivity contribution < 1.29 is 14.3 Å². The molecule has 3 aromatic carbocycles. The first-order valence-corrected chi connectivity index (χ1v) is 9.05. The van der Waals surface area contributed by atoms with E-state index in [1.54, 1.807) is 30.3 Å². The number of hydrogen-bond donors (Lipinski definition) is 1. The van der Waals surface area contributed by atoms with Gasteiger partial charge in [0.05, 0.1) is 24.3 Å². The van der Waals surface area contributed by atoms with Crippen LogP contribution in [0, 0.1) is 25.2 Å². The Bertz CT molecular complexity index is 1140. The van der Waals surface area contributed by atoms with Crippen molar-refractivity contribution in [1.82, 2.24) is 0 Å². The zero-order valence-corrected chi connectivity index (χ0v) is 16.4. The summed E-state index contributed by atoms with van der Waals surface area (Å²) in [5.41, 5.74) is 4.87. The molecule has 0 saturated carbocycles. The highest BCUT2D eigenvalue weighted by molar-refractivity contribution is 6.09. The first kappa shape index (κ1) is 19.8. The zero-order chi connectivity index (χ0) is 21.0. The summed E-state index contributed by atoms with van der Waals surface area (Å²) >= 11 is 0. The molecular weight excluding hydrogens is 364 g/mol. The lowest BCUT2D eigenvalue weighted by atomic mass is 9.95. The van der Waals surface area contributed by atoms with Gasteiger partial charge in [-0.25, -0.2) is 4.79 Å². The number of amides is 1. The second kappa shape index (κ2) is 8.41. The van der Waals surface area contributed by atoms with E-state index in [1.807, 2.05) is 44.2 Å². The highest BCUT2D eigenvalue weighted by Gasteiger charge is 2.17. The van der Waals surface area contributed by atoms with Crippen LogP contribution in [0.15, 0.2) is 60.7 Å². The number of aryl methyl sites for hydroxylation is 1. The Morgan fingerprint density at radius 2 is 1.59 bits per heavy atom. The van der Waals surface area contributed by atoms with Crippen LogP contribution in [-0.4, -0.2) is 19.0 Å². The Kier molecular flexibility index (Phi) is 5.75. The van der Waals surface area contributed by atoms with Gasteiger partial charge in [0.1, 0.15) is 0 Å². The maximum absolute atomic E-state index is 13.0. The van der Waals surface area contributed by atoms with Crippen LogP contribution in [0.2, 0.25) is 0 Å². The quantitative estimate of drug-likeness (QED) is 0.650. The minimum atomic E-state index is -0.454. The summed E-state index contributed by atoms with van der Waals surface area (Å²) in [6.45, 7) is 3.70. The molecule has 0 fully saturated rings. The number of rotatable bonds is 4. The van der Waals surface area contributed by atoms with Gasteiger partial charge >= 0.3 is 5.97 Å². The van der Waals surface area contributed by atoms with Gasteiger partial charge in [0, 0.05) is 16.8 Å². The normalized spacial score (nSPS) is 10.1. The Hall–Kier alpha value is -3.91. The number of carbonyl (C=O) groups excluding carboxylic acids is 2. The number of ether oxygens (including phenoxy) is 1. The molecule has 0 aromatic heterocycles. The van der Waals surface area contributed by atoms with E-state index in [0.717, 1.165) is 11.1 Å². The Balaban J connectivity index is 2.01. The van der Waals surface area contributed by atoms with Crippen LogP contribution in [0.5, 0.6) is 0 Å². The van der Waals surface area contributed by atoms with Gasteiger partial charge in [-0.05, 0) is 54.8 Å². The Labute approximate surface area is 169 Å². The first-order chi connectivity index (χ1) is 14.0. The average molecular weight is 384 g/mol. The lowest BCUT2D eigenvalue weighted by Gasteiger charge is -2.14. The number of hydrogen-bond acceptors (Lipinski definition) is 4. The van der Waals surface area contributed by atoms with Gasteiger partial charge in [0.2, 0.25) is 0 Å². The molecule has 0 aliphatic heterocycles. The Morgan fingerprint density at radius 3 is 2.28 bits per heavy atom. The molecule has 0 aliphatic carbocycles. The van der Waals surface area contributed by atoms with Crippen molar-refractivity contribution in [3.8, 4) is 17.2 Å². The molecule has 3 rings (SSSR count). The number of anilines is 1. The fraction of sp³-hybridized carbons (Fsp3) is 0.125. The van der Waals surface area contributed by atoms with Crippen LogP contribution in [-0.2, 0) is 4.74 Å². The van der Waals surface area contributed by atoms with E-state index < -0.39 is 5.97 Å². The third-order valence-electron chi connectivity index (χ3n) is 4.84. The van der Waals surface area contributed by atoms with Crippen LogP contribution in [0.3, 0.4) is 0 Å². The highest BCUT2D eigenvalue weighted by Crippen LogP contribution is 2.28. The smallest absolute Gasteiger partial charge is 0.338 e. The van der Waals surface area contributed by atoms with E-state index in [1.165, 1.54) is 7.11 Å². The second-order valence-electron chi connectivity index (χ2n) is 6.61. The standard InChI is InChI=1S/C24H20N2O3/c1-15-12-18(13-22(16(15)2)24(28)29-3)26-23(27)21-11-7-6-10-20(21)19-9-5-4-8-17(19)14-25/h4-13H,1-3H3,(H,26,27). The van der Waals surface area contributed by atoms with Crippen molar-refractivity contribution in [3.05, 3.63) is 88.5 Å². The number of esters is 1. The van der Waals surface area contributed by atoms with Gasteiger partial charge in [-0.3, -0.25) is 4.79 Å². The van der Waals surface area contributed by atoms with Gasteiger partial charge in [-0.2, -0.15) is 5.26 Å². The summed E-state index contributed by atoms with van der Waals surface area (Å²) in [6.07, 6.45) is 0. The van der Waals surface area contributed by atoms with E-state index in [-0.39, 0.29) is 5.91 Å². The monoisotopic (exact) mass is 384 g/mol. The Morgan fingerprint density at radius 1 is 0.931 bits per heavy atom. The first-order valence-electron chi connectivity index (χ1n) is 9.05. The SMILES string of the molecule is COC(=O)c1cc(NC(=O)c2ccccc2-c2ccccc2C#N)cc(C)c1C. The van der Waals surface area contributed by atoms with Crippen molar-refractivity contribution in [2.45, 2.75) is 13.8 Å². The number of nitrogens with zero attached hydrogens (tertiary/aromatic N) is 1. The molecule has 0 unspecified atom stereocenters. The van der Waals surface area contributed by atoms with Crippen LogP contribution in [0.1, 0.15) is 37.4 Å². The molecule has 29 heavy (non-hydrogen) atoms. The third-order valence-corrected chi connectivity index (χ3v) is 4.84. The van der Waals surface area contributed by atoms with E-state index in [2.05, 4.69) is 11.4 Å². The number of carbonyl (C=O) groups is 2. The van der Waals surface area contributed by atoms with E-state index in [9.17, 15) is 14.9 Å². The molecule has 1 amide bonds. The van der Waals surface area contributed by atoms with Gasteiger partial charge in [-0.1, -0.05) is 36.4 Å². The van der Waals surface area contributed by atoms with Crippen LogP contribution in [0.4, 0.5) is 5.69 Å². The fourth-order valence-electron chi connectivity index (χ4n) is 3.18. The summed E-state index contributed by atoms with van der Waals surface area (Å²) < 4.78 is 4.84. The minimum absolute atomic E-state index is 0.326. The van der Waals surface area contributed by atoms with Crippen molar-refractivity contribution in [2.24, 2.45) is 0 Å². The molecular formula is C24H20N2O3. The van der Waals surface area contributed by atoms with Crippen molar-refractivity contribution in [3.63, 3.8) is 0 Å². The van der Waals surface area contributed by atoms with Gasteiger partial charge in [-0.15, -0.1) is 0 Å². The summed E-state index contributed by atoms with van der Waals surface area (Å²) in [5.74, 6) is -0.780. The predicted octanol–water partition coefficient (Wildman–Crippen LogP) is 4.88. The van der Waals surface area contributed by atoms with E-state index in [0.29, 0.717) is 33.5 Å². The van der Waals surface area contributed by atoms with Crippen molar-refractivity contribution >= 4 is 17.6 Å². The summed E-state index contributed by atoms with van der Waals surface area (Å²) in [6, 6.07) is 19.9. The summed E-state index contributed by atoms with van der Waals surface area (Å²) in [4.78, 5) is 25.1. The topological polar surface area (TPSA) is 79.2 Å². The van der Waals surface area contributed by atoms with Gasteiger partial charge < -0.3 is 10.1 Å². The van der Waals surface area contributed by atoms with E-state index in [4.69, 9.17) is 4.74 Å². The molecule has 0 saturated heterocycles. The molecule has 0 atom stereocenters. The number of nitriles is 1. The lowest BCUT2D eigenvalue weighted by molar-refractivity contribution is 0.0599. The molecule has 0 bridgehead atoms. The molecule has 5 heteroatoms. The molecule has 0 radical (unpaired) electrons. The lowest BCUT2D eigenvalue weighted by Crippen LogP contribution is -2.15. The highest BCUT2D eigenvalue weighted by atomic mass is 16.5. The van der Waals surface area contributed by atoms with Crippen molar-refractivity contribution in [2.75, 3.05) is 12.4 Å². The molecule has 0 spiro atoms. The fourth-order valence-corrected chi connectivity index (χ4v) is 3.18. The predicted molar refractivity (Wildman–Crippen MR) is 112 cm³/mol. The zero-order valence-electron chi connectivity index (χ0n) is 16.4. The maximum Gasteiger partial charge on any atom is 0.338 e. The second-order valence-corrected chi connectivity index (χ2v) is 6.61. The minimum Gasteiger partial charge on any atom is -0.465 e. The molecule has 3 aromatic rings. The molecule has 0 heterocycles. The summed E-state index contributed by atoms with van der Waals surface area (Å²) in [5, 5.41) is 12.3. The van der Waals surface area contributed by atoms with Gasteiger partial charge in [0.15, 0.2) is 0 Å². The molecule has 5 nitrogen and oxygen atoms in total. The van der Waals surface area contributed by atoms with Crippen molar-refractivity contribution in [1.29, 1.82) is 5.26 Å². The van der Waals surface area contributed by atoms with E-state index >= 15 is 0 Å². The molecule has 1 N–H and O–H groups in total. The third kappa shape index (κ3) is 4.02. The van der Waals surface area contributed by atoms with Gasteiger partial charge in [0.25, 0.3) is 5.91 Å². The van der Waals surface area contributed by atoms with Crippen LogP contribution in [0.25, 0.3) is 11.1 Å². The summed E-state index contributed by atoms with van der Waals surface area (Å²) in [7, 11) is 1.32. The maximum atomic E-state index is 13.0. The van der Waals surface area contributed by atoms with Crippen LogP contribution < -0.4 is 5.32 Å². The largest absolute Gasteiger partial charge is 0.465 e. The molecule has 0 aliphatic rings. The molecule has 144 valence electrons. The average Bonchev–Trinajstić information content (AvgIpc) is 2.75. The van der Waals surface area contributed by atoms with Crippen LogP contribution >= 0.6 is 0 Å².